The maximum absolute atomic E-state index is 14.7. The molecule has 1 amide bonds. The Labute approximate surface area is 193 Å². The third-order valence-corrected chi connectivity index (χ3v) is 5.49. The number of carbonyl (C=O) groups is 1. The summed E-state index contributed by atoms with van der Waals surface area (Å²) in [5.74, 6) is -0.337. The molecule has 0 aliphatic heterocycles. The van der Waals surface area contributed by atoms with Crippen LogP contribution in [0.3, 0.4) is 0 Å². The number of aromatic amines is 1. The van der Waals surface area contributed by atoms with Gasteiger partial charge < -0.3 is 5.32 Å². The number of hydrogen-bond donors (Lipinski definition) is 2. The number of hydrogen-bond acceptors (Lipinski definition) is 3. The lowest BCUT2D eigenvalue weighted by Gasteiger charge is -2.11. The van der Waals surface area contributed by atoms with Crippen LogP contribution >= 0.6 is 11.6 Å². The van der Waals surface area contributed by atoms with Gasteiger partial charge in [-0.2, -0.15) is 18.3 Å². The Balaban J connectivity index is 0.000000454. The highest BCUT2D eigenvalue weighted by molar-refractivity contribution is 6.32. The van der Waals surface area contributed by atoms with Crippen molar-refractivity contribution in [3.05, 3.63) is 63.8 Å². The van der Waals surface area contributed by atoms with Gasteiger partial charge in [0.25, 0.3) is 5.91 Å². The summed E-state index contributed by atoms with van der Waals surface area (Å²) in [7, 11) is 0. The first-order valence-electron chi connectivity index (χ1n) is 10.3. The van der Waals surface area contributed by atoms with Crippen molar-refractivity contribution in [2.24, 2.45) is 0 Å². The van der Waals surface area contributed by atoms with Crippen molar-refractivity contribution < 1.29 is 22.4 Å². The number of nitrogens with one attached hydrogen (secondary N) is 2. The van der Waals surface area contributed by atoms with Crippen LogP contribution in [-0.2, 0) is 0 Å². The number of nitrogens with zero attached hydrogens (tertiary/aromatic N) is 2. The van der Waals surface area contributed by atoms with Gasteiger partial charge in [-0.25, -0.2) is 4.39 Å². The summed E-state index contributed by atoms with van der Waals surface area (Å²) in [5.41, 5.74) is 4.03. The van der Waals surface area contributed by atoms with E-state index in [-0.39, 0.29) is 10.7 Å². The van der Waals surface area contributed by atoms with E-state index in [2.05, 4.69) is 20.5 Å². The van der Waals surface area contributed by atoms with Gasteiger partial charge in [-0.05, 0) is 61.9 Å². The molecule has 2 heterocycles. The molecule has 0 atom stereocenters. The van der Waals surface area contributed by atoms with Gasteiger partial charge >= 0.3 is 6.18 Å². The van der Waals surface area contributed by atoms with Crippen LogP contribution in [0.25, 0.3) is 11.3 Å². The summed E-state index contributed by atoms with van der Waals surface area (Å²) in [5, 5.41) is 9.36. The minimum Gasteiger partial charge on any atom is -0.318 e. The zero-order chi connectivity index (χ0) is 24.3. The van der Waals surface area contributed by atoms with Gasteiger partial charge in [0.2, 0.25) is 0 Å². The van der Waals surface area contributed by atoms with Crippen molar-refractivity contribution >= 4 is 23.2 Å². The Bertz CT molecular complexity index is 1120. The zero-order valence-corrected chi connectivity index (χ0v) is 19.0. The number of halogens is 5. The maximum atomic E-state index is 14.7. The molecule has 0 unspecified atom stereocenters. The number of benzene rings is 1. The molecule has 0 spiro atoms. The fourth-order valence-electron chi connectivity index (χ4n) is 3.07. The first kappa shape index (κ1) is 24.7. The molecule has 5 nitrogen and oxygen atoms in total. The summed E-state index contributed by atoms with van der Waals surface area (Å²) in [6.07, 6.45) is -0.490. The van der Waals surface area contributed by atoms with Crippen LogP contribution in [-0.4, -0.2) is 27.3 Å². The van der Waals surface area contributed by atoms with Gasteiger partial charge in [0.15, 0.2) is 5.15 Å². The normalized spacial score (nSPS) is 13.3. The van der Waals surface area contributed by atoms with Crippen molar-refractivity contribution in [2.45, 2.75) is 52.1 Å². The lowest BCUT2D eigenvalue weighted by atomic mass is 10.0. The van der Waals surface area contributed by atoms with Crippen molar-refractivity contribution in [1.82, 2.24) is 15.2 Å². The van der Waals surface area contributed by atoms with Crippen molar-refractivity contribution in [2.75, 3.05) is 5.32 Å². The number of anilines is 1. The van der Waals surface area contributed by atoms with Crippen LogP contribution in [0, 0.1) is 19.7 Å². The molecule has 0 bridgehead atoms. The average Bonchev–Trinajstić information content (AvgIpc) is 3.57. The van der Waals surface area contributed by atoms with Crippen LogP contribution in [0.1, 0.15) is 59.3 Å². The second-order valence-electron chi connectivity index (χ2n) is 7.84. The Kier molecular flexibility index (Phi) is 7.41. The standard InChI is InChI=1S/C20H18ClFN4O.C3H5F3/c1-10-7-15(17-6-5-13(9-23-17)12-3-4-12)16(22)8-14(10)20(27)24-18-11(2)25-26-19(18)21;1-2-3(4,5)6/h5-9,12H,3-4H2,1-2H3,(H,24,27)(H,25,26);2H2,1H3. The molecule has 33 heavy (non-hydrogen) atoms. The van der Waals surface area contributed by atoms with Gasteiger partial charge in [-0.15, -0.1) is 0 Å². The largest absolute Gasteiger partial charge is 0.388 e. The molecular weight excluding hydrogens is 460 g/mol. The zero-order valence-electron chi connectivity index (χ0n) is 18.3. The second kappa shape index (κ2) is 9.91. The second-order valence-corrected chi connectivity index (χ2v) is 8.19. The summed E-state index contributed by atoms with van der Waals surface area (Å²) in [6, 6.07) is 6.71. The first-order valence-corrected chi connectivity index (χ1v) is 10.7. The van der Waals surface area contributed by atoms with E-state index in [9.17, 15) is 22.4 Å². The summed E-state index contributed by atoms with van der Waals surface area (Å²) in [6.45, 7) is 4.59. The monoisotopic (exact) mass is 482 g/mol. The summed E-state index contributed by atoms with van der Waals surface area (Å²) < 4.78 is 47.1. The third kappa shape index (κ3) is 6.31. The highest BCUT2D eigenvalue weighted by Gasteiger charge is 2.24. The lowest BCUT2D eigenvalue weighted by molar-refractivity contribution is -0.130. The van der Waals surface area contributed by atoms with Gasteiger partial charge in [-0.1, -0.05) is 24.6 Å². The SMILES string of the molecule is CCC(F)(F)F.Cc1cc(-c2ccc(C3CC3)cn2)c(F)cc1C(=O)Nc1c(Cl)n[nH]c1C. The fraction of sp³-hybridized carbons (Fsp3) is 0.348. The predicted octanol–water partition coefficient (Wildman–Crippen LogP) is 6.97. The number of H-pyrrole nitrogens is 1. The smallest absolute Gasteiger partial charge is 0.318 e. The molecule has 0 saturated heterocycles. The molecule has 2 N–H and O–H groups in total. The fourth-order valence-corrected chi connectivity index (χ4v) is 3.30. The van der Waals surface area contributed by atoms with Crippen LogP contribution in [0.4, 0.5) is 23.2 Å². The molecular formula is C23H23ClF4N4O. The molecule has 176 valence electrons. The van der Waals surface area contributed by atoms with Crippen molar-refractivity contribution in [3.8, 4) is 11.3 Å². The predicted molar refractivity (Wildman–Crippen MR) is 119 cm³/mol. The van der Waals surface area contributed by atoms with E-state index in [1.165, 1.54) is 24.5 Å². The highest BCUT2D eigenvalue weighted by atomic mass is 35.5. The van der Waals surface area contributed by atoms with Gasteiger partial charge in [0, 0.05) is 23.7 Å². The quantitative estimate of drug-likeness (QED) is 0.394. The maximum Gasteiger partial charge on any atom is 0.388 e. The lowest BCUT2D eigenvalue weighted by Crippen LogP contribution is -2.14. The molecule has 1 aliphatic rings. The van der Waals surface area contributed by atoms with Crippen LogP contribution in [0.15, 0.2) is 30.5 Å². The number of pyridine rings is 1. The first-order chi connectivity index (χ1) is 15.5. The molecule has 1 aromatic carbocycles. The van der Waals surface area contributed by atoms with Gasteiger partial charge in [0.1, 0.15) is 11.5 Å². The molecule has 0 radical (unpaired) electrons. The van der Waals surface area contributed by atoms with Crippen LogP contribution in [0.5, 0.6) is 0 Å². The number of aromatic nitrogens is 3. The summed E-state index contributed by atoms with van der Waals surface area (Å²) in [4.78, 5) is 17.0. The minimum absolute atomic E-state index is 0.163. The van der Waals surface area contributed by atoms with Crippen LogP contribution < -0.4 is 5.32 Å². The Morgan fingerprint density at radius 1 is 1.24 bits per heavy atom. The average molecular weight is 483 g/mol. The Hall–Kier alpha value is -2.94. The molecule has 4 rings (SSSR count). The number of aryl methyl sites for hydroxylation is 2. The molecule has 3 aromatic rings. The number of rotatable bonds is 4. The topological polar surface area (TPSA) is 70.7 Å². The van der Waals surface area contributed by atoms with Gasteiger partial charge in [-0.3, -0.25) is 14.9 Å². The Morgan fingerprint density at radius 3 is 2.39 bits per heavy atom. The van der Waals surface area contributed by atoms with E-state index in [1.807, 2.05) is 18.3 Å². The third-order valence-electron chi connectivity index (χ3n) is 5.21. The molecule has 10 heteroatoms. The summed E-state index contributed by atoms with van der Waals surface area (Å²) >= 11 is 5.95. The number of alkyl halides is 3. The number of amides is 1. The van der Waals surface area contributed by atoms with E-state index >= 15 is 0 Å². The molecule has 1 saturated carbocycles. The molecule has 1 aliphatic carbocycles. The van der Waals surface area contributed by atoms with E-state index in [0.29, 0.717) is 34.1 Å². The minimum atomic E-state index is -3.96. The van der Waals surface area contributed by atoms with E-state index in [1.54, 1.807) is 19.9 Å². The number of carbonyl (C=O) groups excluding carboxylic acids is 1. The van der Waals surface area contributed by atoms with Crippen molar-refractivity contribution in [1.29, 1.82) is 0 Å². The van der Waals surface area contributed by atoms with Gasteiger partial charge in [0.05, 0.1) is 11.4 Å². The highest BCUT2D eigenvalue weighted by Crippen LogP contribution is 2.40. The van der Waals surface area contributed by atoms with E-state index in [4.69, 9.17) is 11.6 Å². The van der Waals surface area contributed by atoms with E-state index in [0.717, 1.165) is 6.92 Å². The van der Waals surface area contributed by atoms with E-state index < -0.39 is 24.3 Å². The van der Waals surface area contributed by atoms with Crippen molar-refractivity contribution in [3.63, 3.8) is 0 Å². The molecule has 1 fully saturated rings. The Morgan fingerprint density at radius 2 is 1.91 bits per heavy atom. The molecule has 2 aromatic heterocycles. The van der Waals surface area contributed by atoms with Crippen LogP contribution in [0.2, 0.25) is 5.15 Å².